The molecule has 3 aliphatic rings. The van der Waals surface area contributed by atoms with Gasteiger partial charge in [0.2, 0.25) is 0 Å². The van der Waals surface area contributed by atoms with Gasteiger partial charge in [0.15, 0.2) is 0 Å². The second-order valence-electron chi connectivity index (χ2n) is 12.3. The minimum atomic E-state index is -0.932. The quantitative estimate of drug-likeness (QED) is 0.269. The molecule has 9 heteroatoms. The molecular weight excluding hydrogens is 561 g/mol. The van der Waals surface area contributed by atoms with Crippen LogP contribution in [0.1, 0.15) is 68.7 Å². The number of hydrogen-bond acceptors (Lipinski definition) is 6. The van der Waals surface area contributed by atoms with Gasteiger partial charge >= 0.3 is 5.97 Å². The molecule has 8 nitrogen and oxygen atoms in total. The van der Waals surface area contributed by atoms with Crippen LogP contribution in [0.2, 0.25) is 0 Å². The maximum atomic E-state index is 14.5. The van der Waals surface area contributed by atoms with Crippen LogP contribution in [0.15, 0.2) is 48.7 Å². The number of aliphatic hydroxyl groups excluding tert-OH is 1. The van der Waals surface area contributed by atoms with Crippen LogP contribution in [-0.2, 0) is 16.0 Å². The van der Waals surface area contributed by atoms with Crippen molar-refractivity contribution in [1.29, 1.82) is 0 Å². The zero-order valence-corrected chi connectivity index (χ0v) is 25.6. The van der Waals surface area contributed by atoms with Crippen LogP contribution in [0.3, 0.4) is 0 Å². The Labute approximate surface area is 257 Å². The first-order valence-electron chi connectivity index (χ1n) is 15.5. The summed E-state index contributed by atoms with van der Waals surface area (Å²) in [5, 5.41) is 20.9. The first-order chi connectivity index (χ1) is 21.1. The number of benzene rings is 2. The third-order valence-electron chi connectivity index (χ3n) is 9.08. The third kappa shape index (κ3) is 5.90. The summed E-state index contributed by atoms with van der Waals surface area (Å²) in [5.74, 6) is 0.131. The van der Waals surface area contributed by atoms with E-state index in [-0.39, 0.29) is 17.8 Å². The second kappa shape index (κ2) is 12.2. The molecule has 0 saturated carbocycles. The molecule has 232 valence electrons. The average Bonchev–Trinajstić information content (AvgIpc) is 3.42. The second-order valence-corrected chi connectivity index (χ2v) is 12.3. The lowest BCUT2D eigenvalue weighted by atomic mass is 9.92. The maximum absolute atomic E-state index is 14.5. The third-order valence-corrected chi connectivity index (χ3v) is 9.08. The number of imidazole rings is 1. The molecule has 2 aromatic heterocycles. The number of carboxylic acids is 1. The molecule has 44 heavy (non-hydrogen) atoms. The number of aromatic nitrogens is 2. The van der Waals surface area contributed by atoms with E-state index in [0.29, 0.717) is 60.1 Å². The molecular formula is C35H40FN3O5. The van der Waals surface area contributed by atoms with E-state index in [0.717, 1.165) is 54.6 Å². The van der Waals surface area contributed by atoms with E-state index in [1.165, 1.54) is 12.1 Å². The number of piperidine rings is 1. The molecule has 7 rings (SSSR count). The van der Waals surface area contributed by atoms with Crippen LogP contribution in [0.25, 0.3) is 28.0 Å². The Morgan fingerprint density at radius 2 is 1.84 bits per heavy atom. The maximum Gasteiger partial charge on any atom is 0.307 e. The van der Waals surface area contributed by atoms with Gasteiger partial charge in [-0.2, -0.15) is 0 Å². The number of nitrogens with zero attached hydrogens (tertiary/aromatic N) is 3. The number of carboxylic acid groups (broad SMARTS) is 1. The number of anilines is 1. The van der Waals surface area contributed by atoms with Gasteiger partial charge in [-0.25, -0.2) is 9.37 Å². The Balaban J connectivity index is 1.55. The summed E-state index contributed by atoms with van der Waals surface area (Å²) in [6, 6.07) is 12.4. The predicted octanol–water partition coefficient (Wildman–Crippen LogP) is 6.73. The van der Waals surface area contributed by atoms with Crippen molar-refractivity contribution in [3.63, 3.8) is 0 Å². The largest absolute Gasteiger partial charge is 0.493 e. The average molecular weight is 602 g/mol. The molecule has 2 aromatic carbocycles. The number of ether oxygens (including phenoxy) is 2. The van der Waals surface area contributed by atoms with Gasteiger partial charge in [-0.3, -0.25) is 9.20 Å². The summed E-state index contributed by atoms with van der Waals surface area (Å²) in [6.45, 7) is 8.31. The van der Waals surface area contributed by atoms with Crippen molar-refractivity contribution in [1.82, 2.24) is 9.38 Å². The topological polar surface area (TPSA) is 96.5 Å². The van der Waals surface area contributed by atoms with E-state index in [9.17, 15) is 19.4 Å². The SMILES string of the molecule is Cc1c(CC(=O)O)c2n3cc(nc3c1C(C)O)-c1cccc(c1)-c1cc(F)ccc1OCCCCCOC1(C)CCN2CC1. The lowest BCUT2D eigenvalue weighted by Crippen LogP contribution is -2.45. The molecule has 0 aliphatic carbocycles. The number of aliphatic carboxylic acids is 1. The molecule has 0 spiro atoms. The zero-order valence-electron chi connectivity index (χ0n) is 25.6. The first kappa shape index (κ1) is 30.1. The molecule has 1 saturated heterocycles. The van der Waals surface area contributed by atoms with E-state index < -0.39 is 12.1 Å². The minimum Gasteiger partial charge on any atom is -0.493 e. The predicted molar refractivity (Wildman–Crippen MR) is 168 cm³/mol. The van der Waals surface area contributed by atoms with E-state index in [4.69, 9.17) is 14.5 Å². The van der Waals surface area contributed by atoms with Crippen LogP contribution in [-0.4, -0.2) is 57.5 Å². The summed E-state index contributed by atoms with van der Waals surface area (Å²) in [6.07, 6.45) is 5.24. The van der Waals surface area contributed by atoms with Crippen LogP contribution in [0.4, 0.5) is 10.2 Å². The number of aliphatic hydroxyl groups is 1. The van der Waals surface area contributed by atoms with Gasteiger partial charge in [0.25, 0.3) is 0 Å². The molecule has 4 aromatic rings. The fourth-order valence-electron chi connectivity index (χ4n) is 6.64. The highest BCUT2D eigenvalue weighted by Crippen LogP contribution is 2.39. The molecule has 1 atom stereocenters. The summed E-state index contributed by atoms with van der Waals surface area (Å²) < 4.78 is 29.0. The van der Waals surface area contributed by atoms with Crippen molar-refractivity contribution in [3.8, 4) is 28.1 Å². The Bertz CT molecular complexity index is 1690. The standard InChI is InChI=1S/C35H40FN3O5/c1-22-27(20-31(41)42)34-38-14-12-35(3,13-15-38)44-17-6-4-5-16-43-30-11-10-26(36)19-28(30)24-8-7-9-25(18-24)29-21-39(34)33(37-29)32(22)23(2)40/h7-11,18-19,21,23,40H,4-6,12-17,20H2,1-3H3,(H,41,42). The van der Waals surface area contributed by atoms with Crippen LogP contribution >= 0.6 is 0 Å². The number of hydrogen-bond donors (Lipinski definition) is 2. The van der Waals surface area contributed by atoms with Crippen LogP contribution < -0.4 is 9.64 Å². The van der Waals surface area contributed by atoms with Crippen LogP contribution in [0, 0.1) is 12.7 Å². The summed E-state index contributed by atoms with van der Waals surface area (Å²) in [7, 11) is 0. The smallest absolute Gasteiger partial charge is 0.307 e. The van der Waals surface area contributed by atoms with Gasteiger partial charge in [-0.15, -0.1) is 0 Å². The lowest BCUT2D eigenvalue weighted by molar-refractivity contribution is -0.136. The Kier molecular flexibility index (Phi) is 8.35. The number of pyridine rings is 1. The molecule has 6 bridgehead atoms. The molecule has 3 aliphatic heterocycles. The lowest BCUT2D eigenvalue weighted by Gasteiger charge is -2.41. The highest BCUT2D eigenvalue weighted by molar-refractivity contribution is 5.80. The number of halogens is 1. The molecule has 1 unspecified atom stereocenters. The van der Waals surface area contributed by atoms with E-state index >= 15 is 0 Å². The highest BCUT2D eigenvalue weighted by atomic mass is 19.1. The fourth-order valence-corrected chi connectivity index (χ4v) is 6.64. The van der Waals surface area contributed by atoms with Gasteiger partial charge < -0.3 is 24.6 Å². The fraction of sp³-hybridized carbons (Fsp3) is 0.429. The van der Waals surface area contributed by atoms with Crippen molar-refractivity contribution in [3.05, 3.63) is 71.2 Å². The summed E-state index contributed by atoms with van der Waals surface area (Å²) >= 11 is 0. The van der Waals surface area contributed by atoms with Gasteiger partial charge in [0, 0.05) is 48.1 Å². The molecule has 0 amide bonds. The Hall–Kier alpha value is -3.95. The number of carbonyl (C=O) groups is 1. The Morgan fingerprint density at radius 3 is 2.59 bits per heavy atom. The monoisotopic (exact) mass is 601 g/mol. The van der Waals surface area contributed by atoms with Gasteiger partial charge in [0.1, 0.15) is 23.0 Å². The zero-order chi connectivity index (χ0) is 31.0. The minimum absolute atomic E-state index is 0.174. The van der Waals surface area contributed by atoms with Gasteiger partial charge in [0.05, 0.1) is 30.4 Å². The summed E-state index contributed by atoms with van der Waals surface area (Å²) in [5.41, 5.74) is 5.28. The van der Waals surface area contributed by atoms with E-state index in [2.05, 4.69) is 11.8 Å². The van der Waals surface area contributed by atoms with Crippen molar-refractivity contribution >= 4 is 17.4 Å². The van der Waals surface area contributed by atoms with Crippen molar-refractivity contribution < 1.29 is 28.9 Å². The van der Waals surface area contributed by atoms with Gasteiger partial charge in [-0.1, -0.05) is 18.2 Å². The number of rotatable bonds is 3. The van der Waals surface area contributed by atoms with E-state index in [1.54, 1.807) is 13.0 Å². The molecule has 1 fully saturated rings. The van der Waals surface area contributed by atoms with E-state index in [1.807, 2.05) is 41.8 Å². The van der Waals surface area contributed by atoms with Gasteiger partial charge in [-0.05, 0) is 88.3 Å². The molecule has 2 N–H and O–H groups in total. The molecule has 0 radical (unpaired) electrons. The van der Waals surface area contributed by atoms with Crippen molar-refractivity contribution in [2.24, 2.45) is 0 Å². The summed E-state index contributed by atoms with van der Waals surface area (Å²) in [4.78, 5) is 19.4. The number of fused-ring (bicyclic) bond motifs is 8. The van der Waals surface area contributed by atoms with Crippen molar-refractivity contribution in [2.45, 2.75) is 71.0 Å². The highest BCUT2D eigenvalue weighted by Gasteiger charge is 2.34. The normalized spacial score (nSPS) is 17.7. The van der Waals surface area contributed by atoms with Crippen molar-refractivity contribution in [2.75, 3.05) is 31.2 Å². The van der Waals surface area contributed by atoms with Crippen LogP contribution in [0.5, 0.6) is 5.75 Å². The first-order valence-corrected chi connectivity index (χ1v) is 15.5. The molecule has 5 heterocycles. The Morgan fingerprint density at radius 1 is 1.09 bits per heavy atom.